The van der Waals surface area contributed by atoms with Gasteiger partial charge in [-0.25, -0.2) is 4.98 Å². The zero-order valence-corrected chi connectivity index (χ0v) is 14.1. The van der Waals surface area contributed by atoms with E-state index in [9.17, 15) is 0 Å². The van der Waals surface area contributed by atoms with E-state index in [1.54, 1.807) is 0 Å². The summed E-state index contributed by atoms with van der Waals surface area (Å²) in [5.74, 6) is 0.705. The van der Waals surface area contributed by atoms with Crippen molar-refractivity contribution in [3.8, 4) is 0 Å². The van der Waals surface area contributed by atoms with Crippen LogP contribution < -0.4 is 5.32 Å². The first kappa shape index (κ1) is 15.9. The molecule has 0 unspecified atom stereocenters. The van der Waals surface area contributed by atoms with Gasteiger partial charge in [0.15, 0.2) is 0 Å². The fourth-order valence-electron chi connectivity index (χ4n) is 2.78. The molecule has 3 nitrogen and oxygen atoms in total. The molecule has 1 fully saturated rings. The van der Waals surface area contributed by atoms with Gasteiger partial charge in [0, 0.05) is 31.1 Å². The van der Waals surface area contributed by atoms with E-state index in [0.29, 0.717) is 11.3 Å². The van der Waals surface area contributed by atoms with Gasteiger partial charge in [-0.3, -0.25) is 0 Å². The molecule has 20 heavy (non-hydrogen) atoms. The van der Waals surface area contributed by atoms with Gasteiger partial charge in [-0.2, -0.15) is 0 Å². The molecule has 1 aliphatic rings. The molecule has 1 aromatic heterocycles. The van der Waals surface area contributed by atoms with Gasteiger partial charge in [0.2, 0.25) is 0 Å². The van der Waals surface area contributed by atoms with Crippen molar-refractivity contribution >= 4 is 11.3 Å². The number of nitrogens with one attached hydrogen (secondary N) is 1. The molecule has 0 radical (unpaired) electrons. The zero-order valence-electron chi connectivity index (χ0n) is 13.3. The molecule has 0 aliphatic carbocycles. The number of hydrogen-bond acceptors (Lipinski definition) is 4. The molecule has 1 aromatic rings. The predicted molar refractivity (Wildman–Crippen MR) is 85.5 cm³/mol. The molecule has 0 amide bonds. The van der Waals surface area contributed by atoms with Crippen molar-refractivity contribution in [3.05, 3.63) is 15.6 Å². The minimum atomic E-state index is 0.337. The van der Waals surface area contributed by atoms with Gasteiger partial charge in [-0.1, -0.05) is 13.8 Å². The highest BCUT2D eigenvalue weighted by Gasteiger charge is 2.33. The van der Waals surface area contributed by atoms with Crippen LogP contribution >= 0.6 is 11.3 Å². The number of ether oxygens (including phenoxy) is 1. The van der Waals surface area contributed by atoms with Gasteiger partial charge < -0.3 is 10.1 Å². The lowest BCUT2D eigenvalue weighted by Crippen LogP contribution is -2.41. The van der Waals surface area contributed by atoms with Crippen LogP contribution in [0.15, 0.2) is 0 Å². The highest BCUT2D eigenvalue weighted by molar-refractivity contribution is 7.11. The Hall–Kier alpha value is -0.450. The SMILES string of the molecule is Cc1nc(CC2(CNCC(C)C)CCOCC2)sc1C. The van der Waals surface area contributed by atoms with Crippen molar-refractivity contribution < 1.29 is 4.74 Å². The Bertz CT molecular complexity index is 403. The maximum atomic E-state index is 5.57. The van der Waals surface area contributed by atoms with Crippen LogP contribution in [0.5, 0.6) is 0 Å². The predicted octanol–water partition coefficient (Wildman–Crippen LogP) is 3.34. The minimum absolute atomic E-state index is 0.337. The number of nitrogens with zero attached hydrogens (tertiary/aromatic N) is 1. The summed E-state index contributed by atoms with van der Waals surface area (Å²) in [6, 6.07) is 0. The van der Waals surface area contributed by atoms with E-state index >= 15 is 0 Å². The van der Waals surface area contributed by atoms with Crippen LogP contribution in [0.1, 0.15) is 42.3 Å². The van der Waals surface area contributed by atoms with Crippen LogP contribution in [0.2, 0.25) is 0 Å². The summed E-state index contributed by atoms with van der Waals surface area (Å²) in [7, 11) is 0. The second-order valence-electron chi connectivity index (χ2n) is 6.56. The Labute approximate surface area is 127 Å². The summed E-state index contributed by atoms with van der Waals surface area (Å²) in [6.07, 6.45) is 3.40. The van der Waals surface area contributed by atoms with Crippen molar-refractivity contribution in [2.24, 2.45) is 11.3 Å². The van der Waals surface area contributed by atoms with Crippen LogP contribution in [0, 0.1) is 25.2 Å². The highest BCUT2D eigenvalue weighted by atomic mass is 32.1. The second-order valence-corrected chi connectivity index (χ2v) is 7.85. The number of thiazole rings is 1. The third kappa shape index (κ3) is 4.27. The molecule has 0 atom stereocenters. The summed E-state index contributed by atoms with van der Waals surface area (Å²) < 4.78 is 5.57. The lowest BCUT2D eigenvalue weighted by molar-refractivity contribution is 0.0147. The summed E-state index contributed by atoms with van der Waals surface area (Å²) in [6.45, 7) is 12.8. The summed E-state index contributed by atoms with van der Waals surface area (Å²) in [5.41, 5.74) is 1.53. The van der Waals surface area contributed by atoms with Gasteiger partial charge in [0.05, 0.1) is 10.7 Å². The van der Waals surface area contributed by atoms with Gasteiger partial charge in [-0.05, 0) is 44.6 Å². The molecule has 2 heterocycles. The second kappa shape index (κ2) is 7.01. The summed E-state index contributed by atoms with van der Waals surface area (Å²) in [5, 5.41) is 4.96. The fourth-order valence-corrected chi connectivity index (χ4v) is 3.89. The maximum absolute atomic E-state index is 5.57. The van der Waals surface area contributed by atoms with E-state index in [1.807, 2.05) is 11.3 Å². The molecular weight excluding hydrogens is 268 g/mol. The monoisotopic (exact) mass is 296 g/mol. The number of hydrogen-bond donors (Lipinski definition) is 1. The van der Waals surface area contributed by atoms with E-state index in [2.05, 4.69) is 33.0 Å². The first-order valence-electron chi connectivity index (χ1n) is 7.72. The zero-order chi connectivity index (χ0) is 14.6. The van der Waals surface area contributed by atoms with E-state index in [4.69, 9.17) is 9.72 Å². The Morgan fingerprint density at radius 3 is 2.55 bits per heavy atom. The molecule has 114 valence electrons. The van der Waals surface area contributed by atoms with Gasteiger partial charge >= 0.3 is 0 Å². The Morgan fingerprint density at radius 1 is 1.30 bits per heavy atom. The van der Waals surface area contributed by atoms with Gasteiger partial charge in [0.25, 0.3) is 0 Å². The van der Waals surface area contributed by atoms with Crippen LogP contribution in [0.3, 0.4) is 0 Å². The molecule has 2 rings (SSSR count). The number of rotatable bonds is 6. The van der Waals surface area contributed by atoms with E-state index < -0.39 is 0 Å². The molecule has 0 saturated carbocycles. The lowest BCUT2D eigenvalue weighted by atomic mass is 9.77. The lowest BCUT2D eigenvalue weighted by Gasteiger charge is -2.37. The van der Waals surface area contributed by atoms with Crippen molar-refractivity contribution in [2.45, 2.75) is 47.0 Å². The van der Waals surface area contributed by atoms with Crippen molar-refractivity contribution in [1.82, 2.24) is 10.3 Å². The summed E-state index contributed by atoms with van der Waals surface area (Å²) >= 11 is 1.87. The first-order chi connectivity index (χ1) is 9.51. The summed E-state index contributed by atoms with van der Waals surface area (Å²) in [4.78, 5) is 6.10. The minimum Gasteiger partial charge on any atom is -0.381 e. The molecule has 1 saturated heterocycles. The molecule has 1 aliphatic heterocycles. The average Bonchev–Trinajstić information content (AvgIpc) is 2.68. The maximum Gasteiger partial charge on any atom is 0.0936 e. The van der Waals surface area contributed by atoms with Crippen LogP contribution in [-0.4, -0.2) is 31.3 Å². The smallest absolute Gasteiger partial charge is 0.0936 e. The van der Waals surface area contributed by atoms with Crippen molar-refractivity contribution in [2.75, 3.05) is 26.3 Å². The van der Waals surface area contributed by atoms with E-state index in [1.165, 1.54) is 15.6 Å². The Morgan fingerprint density at radius 2 is 2.00 bits per heavy atom. The molecule has 0 spiro atoms. The van der Waals surface area contributed by atoms with Crippen LogP contribution in [0.4, 0.5) is 0 Å². The third-order valence-electron chi connectivity index (χ3n) is 4.21. The Kier molecular flexibility index (Phi) is 5.58. The normalized spacial score (nSPS) is 18.6. The van der Waals surface area contributed by atoms with Crippen molar-refractivity contribution in [1.29, 1.82) is 0 Å². The van der Waals surface area contributed by atoms with Gasteiger partial charge in [0.1, 0.15) is 0 Å². The molecule has 0 aromatic carbocycles. The van der Waals surface area contributed by atoms with Crippen molar-refractivity contribution in [3.63, 3.8) is 0 Å². The van der Waals surface area contributed by atoms with E-state index in [-0.39, 0.29) is 0 Å². The highest BCUT2D eigenvalue weighted by Crippen LogP contribution is 2.35. The van der Waals surface area contributed by atoms with Crippen LogP contribution in [-0.2, 0) is 11.2 Å². The van der Waals surface area contributed by atoms with Gasteiger partial charge in [-0.15, -0.1) is 11.3 Å². The largest absolute Gasteiger partial charge is 0.381 e. The fraction of sp³-hybridized carbons (Fsp3) is 0.812. The first-order valence-corrected chi connectivity index (χ1v) is 8.54. The topological polar surface area (TPSA) is 34.2 Å². The molecular formula is C16H28N2OS. The number of aryl methyl sites for hydroxylation is 2. The van der Waals surface area contributed by atoms with E-state index in [0.717, 1.165) is 45.6 Å². The quantitative estimate of drug-likeness (QED) is 0.874. The molecule has 1 N–H and O–H groups in total. The molecule has 4 heteroatoms. The van der Waals surface area contributed by atoms with Crippen LogP contribution in [0.25, 0.3) is 0 Å². The Balaban J connectivity index is 2.02. The third-order valence-corrected chi connectivity index (χ3v) is 5.28. The number of aromatic nitrogens is 1. The molecule has 0 bridgehead atoms. The standard InChI is InChI=1S/C16H28N2OS/c1-12(2)10-17-11-16(5-7-19-8-6-16)9-15-18-13(3)14(4)20-15/h12,17H,5-11H2,1-4H3. The average molecular weight is 296 g/mol.